The monoisotopic (exact) mass is 354 g/mol. The average Bonchev–Trinajstić information content (AvgIpc) is 3.10. The highest BCUT2D eigenvalue weighted by Gasteiger charge is 2.31. The van der Waals surface area contributed by atoms with Gasteiger partial charge in [-0.1, -0.05) is 0 Å². The number of likely N-dealkylation sites (tertiary alicyclic amines) is 1. The molecule has 0 radical (unpaired) electrons. The summed E-state index contributed by atoms with van der Waals surface area (Å²) in [5.74, 6) is -0.437. The van der Waals surface area contributed by atoms with E-state index in [0.29, 0.717) is 17.3 Å². The number of nitrogens with zero attached hydrogens (tertiary/aromatic N) is 2. The molecule has 1 aromatic rings. The summed E-state index contributed by atoms with van der Waals surface area (Å²) in [7, 11) is 0. The summed E-state index contributed by atoms with van der Waals surface area (Å²) < 4.78 is 14.8. The highest BCUT2D eigenvalue weighted by Crippen LogP contribution is 2.32. The van der Waals surface area contributed by atoms with Gasteiger partial charge in [0.15, 0.2) is 5.82 Å². The number of benzene rings is 1. The molecule has 2 aliphatic rings. The summed E-state index contributed by atoms with van der Waals surface area (Å²) in [6, 6.07) is 4.00. The molecule has 3 N–H and O–H groups in total. The normalized spacial score (nSPS) is 23.0. The third kappa shape index (κ3) is 2.79. The fourth-order valence-electron chi connectivity index (χ4n) is 3.36. The Balaban J connectivity index is 1.78. The van der Waals surface area contributed by atoms with Gasteiger partial charge in [-0.3, -0.25) is 10.3 Å². The molecular weight excluding hydrogens is 335 g/mol. The van der Waals surface area contributed by atoms with Crippen molar-refractivity contribution in [3.8, 4) is 0 Å². The first-order valence-corrected chi connectivity index (χ1v) is 8.18. The lowest BCUT2D eigenvalue weighted by Crippen LogP contribution is -2.35. The van der Waals surface area contributed by atoms with Gasteiger partial charge >= 0.3 is 0 Å². The van der Waals surface area contributed by atoms with Gasteiger partial charge in [0.2, 0.25) is 0 Å². The fraction of sp³-hybridized carbons (Fsp3) is 0.533. The minimum atomic E-state index is -0.315. The quantitative estimate of drug-likeness (QED) is 0.647. The van der Waals surface area contributed by atoms with Crippen molar-refractivity contribution in [3.63, 3.8) is 0 Å². The highest BCUT2D eigenvalue weighted by atomic mass is 79.9. The molecule has 4 nitrogen and oxygen atoms in total. The maximum atomic E-state index is 14.5. The van der Waals surface area contributed by atoms with Crippen LogP contribution in [0.3, 0.4) is 0 Å². The second-order valence-corrected chi connectivity index (χ2v) is 6.60. The van der Waals surface area contributed by atoms with Crippen molar-refractivity contribution in [1.82, 2.24) is 4.90 Å². The molecule has 2 heterocycles. The van der Waals surface area contributed by atoms with E-state index in [4.69, 9.17) is 11.1 Å². The third-order valence-electron chi connectivity index (χ3n) is 4.51. The van der Waals surface area contributed by atoms with E-state index in [0.717, 1.165) is 19.5 Å². The Morgan fingerprint density at radius 1 is 1.29 bits per heavy atom. The zero-order chi connectivity index (χ0) is 15.0. The lowest BCUT2D eigenvalue weighted by molar-refractivity contribution is 0.260. The van der Waals surface area contributed by atoms with Gasteiger partial charge in [0.1, 0.15) is 5.84 Å². The molecule has 0 amide bonds. The van der Waals surface area contributed by atoms with Crippen molar-refractivity contribution in [2.24, 2.45) is 5.73 Å². The molecule has 1 atom stereocenters. The van der Waals surface area contributed by atoms with Crippen LogP contribution in [-0.2, 0) is 0 Å². The standard InChI is InChI=1S/C15H20BrFN4/c16-13-11(15(18)19)3-4-12(14(13)17)21-8-5-10(9-21)20-6-1-2-7-20/h3-4,10H,1-2,5-9H2,(H3,18,19). The van der Waals surface area contributed by atoms with Crippen molar-refractivity contribution in [1.29, 1.82) is 5.41 Å². The Morgan fingerprint density at radius 2 is 2.00 bits per heavy atom. The minimum Gasteiger partial charge on any atom is -0.384 e. The van der Waals surface area contributed by atoms with Gasteiger partial charge in [-0.15, -0.1) is 0 Å². The number of nitrogen functional groups attached to an aromatic ring is 1. The summed E-state index contributed by atoms with van der Waals surface area (Å²) in [6.07, 6.45) is 3.65. The molecule has 0 aliphatic carbocycles. The van der Waals surface area contributed by atoms with Crippen molar-refractivity contribution in [2.45, 2.75) is 25.3 Å². The molecule has 6 heteroatoms. The zero-order valence-corrected chi connectivity index (χ0v) is 13.5. The number of nitrogens with one attached hydrogen (secondary N) is 1. The van der Waals surface area contributed by atoms with E-state index in [9.17, 15) is 4.39 Å². The van der Waals surface area contributed by atoms with E-state index in [1.165, 1.54) is 25.9 Å². The maximum absolute atomic E-state index is 14.5. The van der Waals surface area contributed by atoms with Gasteiger partial charge in [0.25, 0.3) is 0 Å². The number of hydrogen-bond donors (Lipinski definition) is 2. The largest absolute Gasteiger partial charge is 0.384 e. The van der Waals surface area contributed by atoms with Gasteiger partial charge in [0.05, 0.1) is 10.2 Å². The van der Waals surface area contributed by atoms with Crippen molar-refractivity contribution in [2.75, 3.05) is 31.1 Å². The van der Waals surface area contributed by atoms with E-state index < -0.39 is 0 Å². The van der Waals surface area contributed by atoms with E-state index in [-0.39, 0.29) is 16.1 Å². The molecule has 3 rings (SSSR count). The van der Waals surface area contributed by atoms with Crippen LogP contribution in [0.25, 0.3) is 0 Å². The average molecular weight is 355 g/mol. The number of rotatable bonds is 3. The zero-order valence-electron chi connectivity index (χ0n) is 11.9. The van der Waals surface area contributed by atoms with E-state index in [1.54, 1.807) is 12.1 Å². The Hall–Kier alpha value is -1.14. The van der Waals surface area contributed by atoms with E-state index >= 15 is 0 Å². The first-order valence-electron chi connectivity index (χ1n) is 7.39. The highest BCUT2D eigenvalue weighted by molar-refractivity contribution is 9.10. The predicted molar refractivity (Wildman–Crippen MR) is 86.5 cm³/mol. The summed E-state index contributed by atoms with van der Waals surface area (Å²) >= 11 is 3.23. The van der Waals surface area contributed by atoms with Crippen molar-refractivity contribution in [3.05, 3.63) is 28.0 Å². The molecule has 2 aliphatic heterocycles. The van der Waals surface area contributed by atoms with Crippen molar-refractivity contribution >= 4 is 27.5 Å². The van der Waals surface area contributed by atoms with Crippen LogP contribution in [0, 0.1) is 11.2 Å². The molecule has 0 bridgehead atoms. The van der Waals surface area contributed by atoms with Crippen LogP contribution in [0.15, 0.2) is 16.6 Å². The van der Waals surface area contributed by atoms with E-state index in [2.05, 4.69) is 25.7 Å². The Labute approximate surface area is 132 Å². The van der Waals surface area contributed by atoms with Crippen LogP contribution in [0.4, 0.5) is 10.1 Å². The topological polar surface area (TPSA) is 56.4 Å². The van der Waals surface area contributed by atoms with Crippen molar-refractivity contribution < 1.29 is 4.39 Å². The van der Waals surface area contributed by atoms with Crippen LogP contribution in [0.2, 0.25) is 0 Å². The van der Waals surface area contributed by atoms with Gasteiger partial charge in [-0.25, -0.2) is 4.39 Å². The second kappa shape index (κ2) is 5.93. The molecule has 21 heavy (non-hydrogen) atoms. The van der Waals surface area contributed by atoms with Crippen LogP contribution < -0.4 is 10.6 Å². The number of nitrogens with two attached hydrogens (primary N) is 1. The molecular formula is C15H20BrFN4. The Kier molecular flexibility index (Phi) is 4.17. The first kappa shape index (κ1) is 14.8. The Morgan fingerprint density at radius 3 is 2.67 bits per heavy atom. The molecule has 1 unspecified atom stereocenters. The van der Waals surface area contributed by atoms with Gasteiger partial charge in [-0.05, 0) is 60.4 Å². The summed E-state index contributed by atoms with van der Waals surface area (Å²) in [5.41, 5.74) is 6.47. The van der Waals surface area contributed by atoms with Crippen LogP contribution in [0.5, 0.6) is 0 Å². The lowest BCUT2D eigenvalue weighted by atomic mass is 10.1. The maximum Gasteiger partial charge on any atom is 0.161 e. The van der Waals surface area contributed by atoms with Gasteiger partial charge < -0.3 is 10.6 Å². The molecule has 2 saturated heterocycles. The van der Waals surface area contributed by atoms with E-state index in [1.807, 2.05) is 0 Å². The minimum absolute atomic E-state index is 0.122. The summed E-state index contributed by atoms with van der Waals surface area (Å²) in [4.78, 5) is 4.63. The predicted octanol–water partition coefficient (Wildman–Crippen LogP) is 2.55. The summed E-state index contributed by atoms with van der Waals surface area (Å²) in [6.45, 7) is 4.11. The second-order valence-electron chi connectivity index (χ2n) is 5.81. The van der Waals surface area contributed by atoms with Crippen LogP contribution in [-0.4, -0.2) is 43.0 Å². The molecule has 114 valence electrons. The SMILES string of the molecule is N=C(N)c1ccc(N2CCC(N3CCCC3)C2)c(F)c1Br. The van der Waals surface area contributed by atoms with Gasteiger partial charge in [0, 0.05) is 24.7 Å². The van der Waals surface area contributed by atoms with Crippen LogP contribution >= 0.6 is 15.9 Å². The van der Waals surface area contributed by atoms with Crippen LogP contribution in [0.1, 0.15) is 24.8 Å². The molecule has 0 saturated carbocycles. The lowest BCUT2D eigenvalue weighted by Gasteiger charge is -2.25. The summed E-state index contributed by atoms with van der Waals surface area (Å²) in [5, 5.41) is 7.46. The first-order chi connectivity index (χ1) is 10.1. The third-order valence-corrected chi connectivity index (χ3v) is 5.29. The Bertz CT molecular complexity index is 557. The number of halogens is 2. The number of anilines is 1. The van der Waals surface area contributed by atoms with Gasteiger partial charge in [-0.2, -0.15) is 0 Å². The molecule has 1 aromatic carbocycles. The number of amidine groups is 1. The smallest absolute Gasteiger partial charge is 0.161 e. The molecule has 0 aromatic heterocycles. The molecule has 2 fully saturated rings. The molecule has 0 spiro atoms. The fourth-order valence-corrected chi connectivity index (χ4v) is 3.91. The number of hydrogen-bond acceptors (Lipinski definition) is 3.